The fourth-order valence-corrected chi connectivity index (χ4v) is 2.37. The van der Waals surface area contributed by atoms with Gasteiger partial charge in [-0.3, -0.25) is 9.59 Å². The summed E-state index contributed by atoms with van der Waals surface area (Å²) in [7, 11) is 0. The third kappa shape index (κ3) is 4.00. The van der Waals surface area contributed by atoms with E-state index in [2.05, 4.69) is 10.6 Å². The van der Waals surface area contributed by atoms with E-state index in [-0.39, 0.29) is 16.8 Å². The molecule has 114 valence electrons. The van der Waals surface area contributed by atoms with E-state index in [0.29, 0.717) is 28.4 Å². The molecular weight excluding hydrogens is 323 g/mol. The van der Waals surface area contributed by atoms with Gasteiger partial charge in [0.05, 0.1) is 10.6 Å². The van der Waals surface area contributed by atoms with Gasteiger partial charge < -0.3 is 10.6 Å². The highest BCUT2D eigenvalue weighted by Crippen LogP contribution is 2.22. The molecule has 6 heteroatoms. The Morgan fingerprint density at radius 1 is 1.05 bits per heavy atom. The molecule has 0 bridgehead atoms. The molecule has 0 heterocycles. The first-order valence-corrected chi connectivity index (χ1v) is 7.41. The zero-order valence-corrected chi connectivity index (χ0v) is 13.3. The quantitative estimate of drug-likeness (QED) is 0.886. The molecule has 2 amide bonds. The van der Waals surface area contributed by atoms with Crippen LogP contribution in [0.15, 0.2) is 42.5 Å². The van der Waals surface area contributed by atoms with Crippen molar-refractivity contribution < 1.29 is 9.59 Å². The van der Waals surface area contributed by atoms with Gasteiger partial charge in [-0.15, -0.1) is 0 Å². The molecule has 4 nitrogen and oxygen atoms in total. The summed E-state index contributed by atoms with van der Waals surface area (Å²) in [5, 5.41) is 6.14. The Morgan fingerprint density at radius 2 is 1.82 bits per heavy atom. The van der Waals surface area contributed by atoms with Gasteiger partial charge >= 0.3 is 0 Å². The van der Waals surface area contributed by atoms with E-state index in [1.165, 1.54) is 6.07 Å². The first kappa shape index (κ1) is 16.3. The van der Waals surface area contributed by atoms with Crippen molar-refractivity contribution in [1.82, 2.24) is 5.32 Å². The average molecular weight is 337 g/mol. The molecule has 0 aliphatic carbocycles. The molecule has 0 radical (unpaired) electrons. The predicted molar refractivity (Wildman–Crippen MR) is 88.9 cm³/mol. The van der Waals surface area contributed by atoms with Crippen molar-refractivity contribution in [3.05, 3.63) is 63.6 Å². The zero-order chi connectivity index (χ0) is 16.1. The maximum Gasteiger partial charge on any atom is 0.257 e. The molecule has 2 N–H and O–H groups in total. The van der Waals surface area contributed by atoms with Gasteiger partial charge in [-0.05, 0) is 43.3 Å². The number of carbonyl (C=O) groups excluding carboxylic acids is 2. The van der Waals surface area contributed by atoms with Crippen molar-refractivity contribution in [3.63, 3.8) is 0 Å². The van der Waals surface area contributed by atoms with Gasteiger partial charge in [-0.2, -0.15) is 0 Å². The molecule has 2 aromatic rings. The van der Waals surface area contributed by atoms with Crippen LogP contribution in [0.25, 0.3) is 0 Å². The molecular formula is C16H14Cl2N2O2. The Kier molecular flexibility index (Phi) is 5.41. The van der Waals surface area contributed by atoms with E-state index in [4.69, 9.17) is 23.2 Å². The Balaban J connectivity index is 2.18. The Labute approximate surface area is 138 Å². The van der Waals surface area contributed by atoms with Crippen molar-refractivity contribution in [1.29, 1.82) is 0 Å². The second-order valence-corrected chi connectivity index (χ2v) is 5.36. The fourth-order valence-electron chi connectivity index (χ4n) is 1.87. The van der Waals surface area contributed by atoms with Gasteiger partial charge in [-0.25, -0.2) is 0 Å². The highest BCUT2D eigenvalue weighted by molar-refractivity contribution is 6.37. The number of nitrogens with one attached hydrogen (secondary N) is 2. The summed E-state index contributed by atoms with van der Waals surface area (Å²) >= 11 is 11.8. The number of rotatable bonds is 4. The van der Waals surface area contributed by atoms with Gasteiger partial charge in [0.15, 0.2) is 0 Å². The number of benzene rings is 2. The molecule has 2 rings (SSSR count). The molecule has 0 aromatic heterocycles. The molecule has 0 unspecified atom stereocenters. The van der Waals surface area contributed by atoms with Crippen LogP contribution in [0.4, 0.5) is 5.69 Å². The number of amides is 2. The first-order chi connectivity index (χ1) is 10.5. The minimum atomic E-state index is -0.366. The summed E-state index contributed by atoms with van der Waals surface area (Å²) < 4.78 is 0. The summed E-state index contributed by atoms with van der Waals surface area (Å²) in [6, 6.07) is 11.3. The highest BCUT2D eigenvalue weighted by Gasteiger charge is 2.12. The van der Waals surface area contributed by atoms with Gasteiger partial charge in [0.2, 0.25) is 0 Å². The van der Waals surface area contributed by atoms with Crippen LogP contribution >= 0.6 is 23.2 Å². The van der Waals surface area contributed by atoms with Crippen molar-refractivity contribution in [3.8, 4) is 0 Å². The summed E-state index contributed by atoms with van der Waals surface area (Å²) in [6.07, 6.45) is 0. The van der Waals surface area contributed by atoms with Crippen molar-refractivity contribution in [2.45, 2.75) is 6.92 Å². The molecule has 0 fully saturated rings. The Morgan fingerprint density at radius 3 is 2.50 bits per heavy atom. The summed E-state index contributed by atoms with van der Waals surface area (Å²) in [4.78, 5) is 24.0. The van der Waals surface area contributed by atoms with Crippen LogP contribution < -0.4 is 10.6 Å². The molecule has 0 atom stereocenters. The lowest BCUT2D eigenvalue weighted by Gasteiger charge is -2.09. The van der Waals surface area contributed by atoms with Crippen molar-refractivity contribution in [2.75, 3.05) is 11.9 Å². The maximum absolute atomic E-state index is 12.2. The van der Waals surface area contributed by atoms with E-state index in [1.54, 1.807) is 36.4 Å². The number of hydrogen-bond acceptors (Lipinski definition) is 2. The van der Waals surface area contributed by atoms with Gasteiger partial charge in [0.25, 0.3) is 11.8 Å². The van der Waals surface area contributed by atoms with Crippen LogP contribution in [0.1, 0.15) is 27.6 Å². The second-order valence-electron chi connectivity index (χ2n) is 4.52. The third-order valence-corrected chi connectivity index (χ3v) is 3.44. The zero-order valence-electron chi connectivity index (χ0n) is 11.8. The van der Waals surface area contributed by atoms with Gasteiger partial charge in [0.1, 0.15) is 0 Å². The van der Waals surface area contributed by atoms with Crippen LogP contribution in [-0.4, -0.2) is 18.4 Å². The van der Waals surface area contributed by atoms with Crippen LogP contribution in [-0.2, 0) is 0 Å². The SMILES string of the molecule is CCNC(=O)c1cccc(NC(=O)c2ccc(Cl)cc2Cl)c1. The molecule has 2 aromatic carbocycles. The van der Waals surface area contributed by atoms with Crippen LogP contribution in [0.2, 0.25) is 10.0 Å². The van der Waals surface area contributed by atoms with E-state index in [9.17, 15) is 9.59 Å². The van der Waals surface area contributed by atoms with E-state index in [1.807, 2.05) is 6.92 Å². The van der Waals surface area contributed by atoms with Crippen LogP contribution in [0.3, 0.4) is 0 Å². The molecule has 22 heavy (non-hydrogen) atoms. The standard InChI is InChI=1S/C16H14Cl2N2O2/c1-2-19-15(21)10-4-3-5-12(8-10)20-16(22)13-7-6-11(17)9-14(13)18/h3-9H,2H2,1H3,(H,19,21)(H,20,22). The lowest BCUT2D eigenvalue weighted by atomic mass is 10.1. The number of anilines is 1. The summed E-state index contributed by atoms with van der Waals surface area (Å²) in [5.41, 5.74) is 1.30. The normalized spacial score (nSPS) is 10.1. The summed E-state index contributed by atoms with van der Waals surface area (Å²) in [6.45, 7) is 2.38. The minimum absolute atomic E-state index is 0.192. The summed E-state index contributed by atoms with van der Waals surface area (Å²) in [5.74, 6) is -0.558. The average Bonchev–Trinajstić information content (AvgIpc) is 2.47. The number of carbonyl (C=O) groups is 2. The van der Waals surface area contributed by atoms with E-state index < -0.39 is 0 Å². The molecule has 0 aliphatic heterocycles. The predicted octanol–water partition coefficient (Wildman–Crippen LogP) is 4.00. The van der Waals surface area contributed by atoms with Crippen LogP contribution in [0, 0.1) is 0 Å². The van der Waals surface area contributed by atoms with Crippen molar-refractivity contribution >= 4 is 40.7 Å². The van der Waals surface area contributed by atoms with Gasteiger partial charge in [-0.1, -0.05) is 29.3 Å². The second kappa shape index (κ2) is 7.29. The highest BCUT2D eigenvalue weighted by atomic mass is 35.5. The molecule has 0 spiro atoms. The third-order valence-electron chi connectivity index (χ3n) is 2.90. The monoisotopic (exact) mass is 336 g/mol. The van der Waals surface area contributed by atoms with E-state index >= 15 is 0 Å². The molecule has 0 saturated carbocycles. The number of hydrogen-bond donors (Lipinski definition) is 2. The fraction of sp³-hybridized carbons (Fsp3) is 0.125. The number of halogens is 2. The minimum Gasteiger partial charge on any atom is -0.352 e. The van der Waals surface area contributed by atoms with Gasteiger partial charge in [0, 0.05) is 22.8 Å². The Hall–Kier alpha value is -2.04. The largest absolute Gasteiger partial charge is 0.352 e. The first-order valence-electron chi connectivity index (χ1n) is 6.66. The topological polar surface area (TPSA) is 58.2 Å². The molecule has 0 saturated heterocycles. The maximum atomic E-state index is 12.2. The van der Waals surface area contributed by atoms with Crippen molar-refractivity contribution in [2.24, 2.45) is 0 Å². The van der Waals surface area contributed by atoms with Crippen LogP contribution in [0.5, 0.6) is 0 Å². The lowest BCUT2D eigenvalue weighted by molar-refractivity contribution is 0.0954. The lowest BCUT2D eigenvalue weighted by Crippen LogP contribution is -2.22. The molecule has 0 aliphatic rings. The smallest absolute Gasteiger partial charge is 0.257 e. The van der Waals surface area contributed by atoms with E-state index in [0.717, 1.165) is 0 Å². The Bertz CT molecular complexity index is 717.